The largest absolute Gasteiger partial charge is 0.303 e. The van der Waals surface area contributed by atoms with E-state index in [2.05, 4.69) is 11.8 Å². The summed E-state index contributed by atoms with van der Waals surface area (Å²) in [5, 5.41) is 0. The van der Waals surface area contributed by atoms with Gasteiger partial charge in [-0.3, -0.25) is 0 Å². The third-order valence-corrected chi connectivity index (χ3v) is 5.04. The Morgan fingerprint density at radius 2 is 1.83 bits per heavy atom. The van der Waals surface area contributed by atoms with Crippen LogP contribution in [0, 0.1) is 11.3 Å². The van der Waals surface area contributed by atoms with Crippen LogP contribution in [0.15, 0.2) is 0 Å². The number of hydrogen-bond donors (Lipinski definition) is 0. The molecule has 18 heavy (non-hydrogen) atoms. The normalized spacial score (nSPS) is 26.1. The van der Waals surface area contributed by atoms with E-state index in [4.69, 9.17) is 0 Å². The van der Waals surface area contributed by atoms with Gasteiger partial charge >= 0.3 is 0 Å². The first-order valence-electron chi connectivity index (χ1n) is 7.97. The van der Waals surface area contributed by atoms with Crippen molar-refractivity contribution in [2.45, 2.75) is 64.7 Å². The van der Waals surface area contributed by atoms with Gasteiger partial charge in [0.2, 0.25) is 0 Å². The lowest BCUT2D eigenvalue weighted by Gasteiger charge is -2.40. The van der Waals surface area contributed by atoms with Crippen molar-refractivity contribution in [1.29, 1.82) is 0 Å². The van der Waals surface area contributed by atoms with Gasteiger partial charge in [0, 0.05) is 12.0 Å². The smallest absolute Gasteiger partial charge is 0.127 e. The fraction of sp³-hybridized carbons (Fsp3) is 0.938. The third kappa shape index (κ3) is 3.57. The van der Waals surface area contributed by atoms with Crippen LogP contribution >= 0.6 is 0 Å². The van der Waals surface area contributed by atoms with E-state index in [1.54, 1.807) is 0 Å². The lowest BCUT2D eigenvalue weighted by molar-refractivity contribution is -0.119. The summed E-state index contributed by atoms with van der Waals surface area (Å²) in [5.74, 6) is 0.949. The standard InChI is InChI=1S/C16H29NO/c1-2-6-15-7-11-17(12-8-15)13-16(14-18)9-4-3-5-10-16/h14-15H,2-13H2,1H3. The molecule has 0 unspecified atom stereocenters. The summed E-state index contributed by atoms with van der Waals surface area (Å²) in [6.45, 7) is 5.77. The number of hydrogen-bond acceptors (Lipinski definition) is 2. The molecule has 0 N–H and O–H groups in total. The maximum Gasteiger partial charge on any atom is 0.127 e. The van der Waals surface area contributed by atoms with Crippen LogP contribution in [0.3, 0.4) is 0 Å². The van der Waals surface area contributed by atoms with Crippen molar-refractivity contribution in [2.24, 2.45) is 11.3 Å². The van der Waals surface area contributed by atoms with Gasteiger partial charge in [0.1, 0.15) is 6.29 Å². The molecule has 2 nitrogen and oxygen atoms in total. The molecule has 1 aliphatic carbocycles. The third-order valence-electron chi connectivity index (χ3n) is 5.04. The SMILES string of the molecule is CCCC1CCN(CC2(C=O)CCCCC2)CC1. The van der Waals surface area contributed by atoms with E-state index >= 15 is 0 Å². The van der Waals surface area contributed by atoms with Gasteiger partial charge in [0.05, 0.1) is 0 Å². The molecular weight excluding hydrogens is 222 g/mol. The lowest BCUT2D eigenvalue weighted by Crippen LogP contribution is -2.43. The fourth-order valence-electron chi connectivity index (χ4n) is 3.86. The van der Waals surface area contributed by atoms with Crippen molar-refractivity contribution < 1.29 is 4.79 Å². The van der Waals surface area contributed by atoms with Gasteiger partial charge in [-0.05, 0) is 44.7 Å². The van der Waals surface area contributed by atoms with Crippen LogP contribution in [0.2, 0.25) is 0 Å². The van der Waals surface area contributed by atoms with E-state index in [-0.39, 0.29) is 5.41 Å². The van der Waals surface area contributed by atoms with Crippen LogP contribution in [-0.4, -0.2) is 30.8 Å². The highest BCUT2D eigenvalue weighted by Gasteiger charge is 2.34. The minimum absolute atomic E-state index is 0.00976. The summed E-state index contributed by atoms with van der Waals surface area (Å²) in [5.41, 5.74) is 0.00976. The molecule has 0 aromatic carbocycles. The Balaban J connectivity index is 1.80. The molecule has 1 saturated carbocycles. The molecule has 0 aromatic rings. The van der Waals surface area contributed by atoms with Crippen LogP contribution in [0.25, 0.3) is 0 Å². The maximum atomic E-state index is 11.5. The van der Waals surface area contributed by atoms with Gasteiger partial charge in [-0.15, -0.1) is 0 Å². The molecule has 104 valence electrons. The summed E-state index contributed by atoms with van der Waals surface area (Å²) in [7, 11) is 0. The van der Waals surface area contributed by atoms with Crippen molar-refractivity contribution in [2.75, 3.05) is 19.6 Å². The second-order valence-corrected chi connectivity index (χ2v) is 6.55. The van der Waals surface area contributed by atoms with E-state index in [0.717, 1.165) is 25.3 Å². The van der Waals surface area contributed by atoms with Gasteiger partial charge in [-0.1, -0.05) is 39.0 Å². The quantitative estimate of drug-likeness (QED) is 0.695. The Bertz CT molecular complexity index is 250. The molecule has 2 aliphatic rings. The lowest BCUT2D eigenvalue weighted by atomic mass is 9.74. The molecule has 2 fully saturated rings. The van der Waals surface area contributed by atoms with Crippen molar-refractivity contribution in [1.82, 2.24) is 4.90 Å². The summed E-state index contributed by atoms with van der Waals surface area (Å²) in [6.07, 6.45) is 12.8. The number of carbonyl (C=O) groups is 1. The maximum absolute atomic E-state index is 11.5. The predicted molar refractivity (Wildman–Crippen MR) is 75.7 cm³/mol. The van der Waals surface area contributed by atoms with Gasteiger partial charge < -0.3 is 9.69 Å². The monoisotopic (exact) mass is 251 g/mol. The molecule has 1 saturated heterocycles. The molecule has 0 bridgehead atoms. The number of nitrogens with zero attached hydrogens (tertiary/aromatic N) is 1. The highest BCUT2D eigenvalue weighted by molar-refractivity contribution is 5.60. The van der Waals surface area contributed by atoms with E-state index in [1.807, 2.05) is 0 Å². The minimum Gasteiger partial charge on any atom is -0.303 e. The zero-order valence-electron chi connectivity index (χ0n) is 12.0. The second-order valence-electron chi connectivity index (χ2n) is 6.55. The molecular formula is C16H29NO. The van der Waals surface area contributed by atoms with Gasteiger partial charge in [-0.25, -0.2) is 0 Å². The molecule has 0 atom stereocenters. The topological polar surface area (TPSA) is 20.3 Å². The van der Waals surface area contributed by atoms with Crippen molar-refractivity contribution in [3.63, 3.8) is 0 Å². The van der Waals surface area contributed by atoms with E-state index < -0.39 is 0 Å². The minimum atomic E-state index is 0.00976. The Hall–Kier alpha value is -0.370. The summed E-state index contributed by atoms with van der Waals surface area (Å²) in [6, 6.07) is 0. The second kappa shape index (κ2) is 6.70. The van der Waals surface area contributed by atoms with Gasteiger partial charge in [0.25, 0.3) is 0 Å². The Kier molecular flexibility index (Phi) is 5.23. The first-order valence-corrected chi connectivity index (χ1v) is 7.97. The number of carbonyl (C=O) groups excluding carboxylic acids is 1. The van der Waals surface area contributed by atoms with Gasteiger partial charge in [-0.2, -0.15) is 0 Å². The summed E-state index contributed by atoms with van der Waals surface area (Å²) < 4.78 is 0. The fourth-order valence-corrected chi connectivity index (χ4v) is 3.86. The van der Waals surface area contributed by atoms with E-state index in [0.29, 0.717) is 0 Å². The molecule has 0 aromatic heterocycles. The summed E-state index contributed by atoms with van der Waals surface area (Å²) in [4.78, 5) is 14.1. The Morgan fingerprint density at radius 1 is 1.17 bits per heavy atom. The molecule has 2 heteroatoms. The zero-order valence-corrected chi connectivity index (χ0v) is 12.0. The van der Waals surface area contributed by atoms with Crippen LogP contribution in [-0.2, 0) is 4.79 Å². The Labute approximate surface area is 112 Å². The Morgan fingerprint density at radius 3 is 2.39 bits per heavy atom. The summed E-state index contributed by atoms with van der Waals surface area (Å²) >= 11 is 0. The van der Waals surface area contributed by atoms with Gasteiger partial charge in [0.15, 0.2) is 0 Å². The molecule has 1 heterocycles. The zero-order chi connectivity index (χ0) is 12.8. The number of aldehydes is 1. The van der Waals surface area contributed by atoms with Crippen LogP contribution < -0.4 is 0 Å². The predicted octanol–water partition coefficient (Wildman–Crippen LogP) is 3.65. The molecule has 0 radical (unpaired) electrons. The average Bonchev–Trinajstić information content (AvgIpc) is 2.42. The van der Waals surface area contributed by atoms with Crippen LogP contribution in [0.4, 0.5) is 0 Å². The van der Waals surface area contributed by atoms with Crippen molar-refractivity contribution in [3.8, 4) is 0 Å². The average molecular weight is 251 g/mol. The molecule has 1 aliphatic heterocycles. The number of piperidine rings is 1. The van der Waals surface area contributed by atoms with Crippen LogP contribution in [0.5, 0.6) is 0 Å². The number of rotatable bonds is 5. The van der Waals surface area contributed by atoms with E-state index in [1.165, 1.54) is 64.3 Å². The highest BCUT2D eigenvalue weighted by Crippen LogP contribution is 2.36. The van der Waals surface area contributed by atoms with Crippen LogP contribution in [0.1, 0.15) is 64.7 Å². The van der Waals surface area contributed by atoms with Crippen molar-refractivity contribution >= 4 is 6.29 Å². The van der Waals surface area contributed by atoms with E-state index in [9.17, 15) is 4.79 Å². The number of likely N-dealkylation sites (tertiary alicyclic amines) is 1. The van der Waals surface area contributed by atoms with Crippen molar-refractivity contribution in [3.05, 3.63) is 0 Å². The highest BCUT2D eigenvalue weighted by atomic mass is 16.1. The first-order chi connectivity index (χ1) is 8.78. The molecule has 0 spiro atoms. The first kappa shape index (κ1) is 14.0. The molecule has 0 amide bonds. The molecule has 2 rings (SSSR count).